The molecule has 0 fully saturated rings. The van der Waals surface area contributed by atoms with Crippen molar-refractivity contribution in [3.8, 4) is 10.4 Å². The molecule has 5 heteroatoms. The summed E-state index contributed by atoms with van der Waals surface area (Å²) < 4.78 is 0.669. The zero-order chi connectivity index (χ0) is 11.8. The zero-order valence-electron chi connectivity index (χ0n) is 9.10. The monoisotopic (exact) mass is 243 g/mol. The molecule has 0 spiro atoms. The van der Waals surface area contributed by atoms with Crippen LogP contribution in [0.25, 0.3) is 20.7 Å². The Hall–Kier alpha value is -2.01. The van der Waals surface area contributed by atoms with E-state index in [-0.39, 0.29) is 5.56 Å². The van der Waals surface area contributed by atoms with E-state index in [1.807, 2.05) is 18.2 Å². The van der Waals surface area contributed by atoms with Crippen LogP contribution in [0.15, 0.2) is 35.4 Å². The summed E-state index contributed by atoms with van der Waals surface area (Å²) in [5.41, 5.74) is 1.74. The van der Waals surface area contributed by atoms with Gasteiger partial charge in [0, 0.05) is 17.3 Å². The fraction of sp³-hybridized carbons (Fsp3) is 0.0833. The second-order valence-electron chi connectivity index (χ2n) is 3.71. The average molecular weight is 243 g/mol. The number of hydrogen-bond acceptors (Lipinski definition) is 4. The maximum Gasteiger partial charge on any atom is 0.268 e. The van der Waals surface area contributed by atoms with Crippen LogP contribution in [0.1, 0.15) is 5.82 Å². The smallest absolute Gasteiger partial charge is 0.268 e. The minimum atomic E-state index is -0.0715. The molecule has 0 unspecified atom stereocenters. The Bertz CT molecular complexity index is 730. The van der Waals surface area contributed by atoms with Crippen LogP contribution in [-0.4, -0.2) is 15.0 Å². The van der Waals surface area contributed by atoms with Gasteiger partial charge in [-0.05, 0) is 30.7 Å². The van der Waals surface area contributed by atoms with Crippen molar-refractivity contribution in [3.05, 3.63) is 46.8 Å². The van der Waals surface area contributed by atoms with Crippen molar-refractivity contribution < 1.29 is 0 Å². The molecule has 3 aromatic heterocycles. The van der Waals surface area contributed by atoms with Crippen LogP contribution in [0.3, 0.4) is 0 Å². The van der Waals surface area contributed by atoms with Gasteiger partial charge in [0.2, 0.25) is 0 Å². The van der Waals surface area contributed by atoms with E-state index < -0.39 is 0 Å². The molecule has 0 aliphatic rings. The molecule has 0 aromatic carbocycles. The lowest BCUT2D eigenvalue weighted by Crippen LogP contribution is -2.07. The average Bonchev–Trinajstić information content (AvgIpc) is 2.74. The molecule has 3 heterocycles. The number of nitrogens with zero attached hydrogens (tertiary/aromatic N) is 2. The third kappa shape index (κ3) is 1.74. The molecule has 0 aliphatic carbocycles. The fourth-order valence-electron chi connectivity index (χ4n) is 1.72. The minimum Gasteiger partial charge on any atom is -0.310 e. The van der Waals surface area contributed by atoms with Crippen LogP contribution in [0.2, 0.25) is 0 Å². The molecule has 0 saturated carbocycles. The molecular formula is C12H9N3OS. The number of rotatable bonds is 1. The SMILES string of the molecule is Cc1nc2cc(-c3ccncc3)sc2c(=O)[nH]1. The van der Waals surface area contributed by atoms with Crippen molar-refractivity contribution >= 4 is 21.6 Å². The van der Waals surface area contributed by atoms with E-state index in [0.717, 1.165) is 16.0 Å². The number of aromatic amines is 1. The molecule has 0 radical (unpaired) electrons. The summed E-state index contributed by atoms with van der Waals surface area (Å²) in [7, 11) is 0. The van der Waals surface area contributed by atoms with Gasteiger partial charge in [-0.15, -0.1) is 11.3 Å². The second kappa shape index (κ2) is 3.78. The van der Waals surface area contributed by atoms with E-state index in [9.17, 15) is 4.79 Å². The first kappa shape index (κ1) is 10.2. The van der Waals surface area contributed by atoms with E-state index in [0.29, 0.717) is 10.5 Å². The Labute approximate surface area is 101 Å². The Morgan fingerprint density at radius 3 is 2.82 bits per heavy atom. The molecule has 0 bridgehead atoms. The molecule has 0 saturated heterocycles. The van der Waals surface area contributed by atoms with E-state index in [2.05, 4.69) is 15.0 Å². The molecule has 0 atom stereocenters. The van der Waals surface area contributed by atoms with E-state index in [1.54, 1.807) is 19.3 Å². The number of aromatic nitrogens is 3. The first-order chi connectivity index (χ1) is 8.24. The quantitative estimate of drug-likeness (QED) is 0.713. The predicted octanol–water partition coefficient (Wildman–Crippen LogP) is 2.36. The van der Waals surface area contributed by atoms with Gasteiger partial charge in [-0.2, -0.15) is 0 Å². The molecule has 4 nitrogen and oxygen atoms in total. The lowest BCUT2D eigenvalue weighted by atomic mass is 10.2. The predicted molar refractivity (Wildman–Crippen MR) is 68.2 cm³/mol. The fourth-order valence-corrected chi connectivity index (χ4v) is 2.71. The van der Waals surface area contributed by atoms with Gasteiger partial charge in [0.15, 0.2) is 0 Å². The van der Waals surface area contributed by atoms with Crippen molar-refractivity contribution in [1.29, 1.82) is 0 Å². The summed E-state index contributed by atoms with van der Waals surface area (Å²) in [6, 6.07) is 5.79. The van der Waals surface area contributed by atoms with Crippen molar-refractivity contribution in [2.45, 2.75) is 6.92 Å². The highest BCUT2D eigenvalue weighted by Crippen LogP contribution is 2.30. The Morgan fingerprint density at radius 2 is 2.06 bits per heavy atom. The van der Waals surface area contributed by atoms with Gasteiger partial charge in [0.1, 0.15) is 10.5 Å². The van der Waals surface area contributed by atoms with Crippen molar-refractivity contribution in [3.63, 3.8) is 0 Å². The number of H-pyrrole nitrogens is 1. The molecule has 3 aromatic rings. The number of fused-ring (bicyclic) bond motifs is 1. The maximum atomic E-state index is 11.7. The number of pyridine rings is 1. The molecule has 84 valence electrons. The minimum absolute atomic E-state index is 0.0715. The molecule has 0 amide bonds. The second-order valence-corrected chi connectivity index (χ2v) is 4.76. The summed E-state index contributed by atoms with van der Waals surface area (Å²) in [5, 5.41) is 0. The van der Waals surface area contributed by atoms with Gasteiger partial charge in [-0.25, -0.2) is 4.98 Å². The maximum absolute atomic E-state index is 11.7. The van der Waals surface area contributed by atoms with E-state index in [4.69, 9.17) is 0 Å². The first-order valence-corrected chi connectivity index (χ1v) is 5.96. The highest BCUT2D eigenvalue weighted by molar-refractivity contribution is 7.22. The van der Waals surface area contributed by atoms with Crippen LogP contribution in [-0.2, 0) is 0 Å². The van der Waals surface area contributed by atoms with Gasteiger partial charge in [-0.3, -0.25) is 9.78 Å². The third-order valence-corrected chi connectivity index (χ3v) is 3.64. The zero-order valence-corrected chi connectivity index (χ0v) is 9.91. The van der Waals surface area contributed by atoms with Crippen molar-refractivity contribution in [1.82, 2.24) is 15.0 Å². The highest BCUT2D eigenvalue weighted by Gasteiger charge is 2.08. The van der Waals surface area contributed by atoms with Crippen LogP contribution in [0, 0.1) is 6.92 Å². The van der Waals surface area contributed by atoms with Crippen LogP contribution in [0.5, 0.6) is 0 Å². The summed E-state index contributed by atoms with van der Waals surface area (Å²) >= 11 is 1.45. The van der Waals surface area contributed by atoms with Gasteiger partial charge in [-0.1, -0.05) is 0 Å². The van der Waals surface area contributed by atoms with Gasteiger partial charge in [0.25, 0.3) is 5.56 Å². The molecular weight excluding hydrogens is 234 g/mol. The largest absolute Gasteiger partial charge is 0.310 e. The standard InChI is InChI=1S/C12H9N3OS/c1-7-14-9-6-10(8-2-4-13-5-3-8)17-11(9)12(16)15-7/h2-6H,1H3,(H,14,15,16). The van der Waals surface area contributed by atoms with E-state index in [1.165, 1.54) is 11.3 Å². The number of thiophene rings is 1. The number of nitrogens with one attached hydrogen (secondary N) is 1. The van der Waals surface area contributed by atoms with Crippen molar-refractivity contribution in [2.75, 3.05) is 0 Å². The normalized spacial score (nSPS) is 10.9. The first-order valence-electron chi connectivity index (χ1n) is 5.15. The topological polar surface area (TPSA) is 58.6 Å². The van der Waals surface area contributed by atoms with Gasteiger partial charge >= 0.3 is 0 Å². The van der Waals surface area contributed by atoms with E-state index >= 15 is 0 Å². The molecule has 1 N–H and O–H groups in total. The summed E-state index contributed by atoms with van der Waals surface area (Å²) in [6.45, 7) is 1.78. The number of aryl methyl sites for hydroxylation is 1. The molecule has 3 rings (SSSR count). The number of hydrogen-bond donors (Lipinski definition) is 1. The van der Waals surface area contributed by atoms with Crippen LogP contribution in [0.4, 0.5) is 0 Å². The summed E-state index contributed by atoms with van der Waals surface area (Å²) in [5.74, 6) is 0.640. The lowest BCUT2D eigenvalue weighted by molar-refractivity contribution is 1.06. The van der Waals surface area contributed by atoms with Crippen LogP contribution < -0.4 is 5.56 Å². The Morgan fingerprint density at radius 1 is 1.29 bits per heavy atom. The van der Waals surface area contributed by atoms with Gasteiger partial charge in [0.05, 0.1) is 5.52 Å². The summed E-state index contributed by atoms with van der Waals surface area (Å²) in [4.78, 5) is 23.8. The van der Waals surface area contributed by atoms with Crippen LogP contribution >= 0.6 is 11.3 Å². The Balaban J connectivity index is 2.28. The highest BCUT2D eigenvalue weighted by atomic mass is 32.1. The third-order valence-electron chi connectivity index (χ3n) is 2.47. The Kier molecular flexibility index (Phi) is 2.26. The van der Waals surface area contributed by atoms with Gasteiger partial charge < -0.3 is 4.98 Å². The molecule has 17 heavy (non-hydrogen) atoms. The molecule has 0 aliphatic heterocycles. The lowest BCUT2D eigenvalue weighted by Gasteiger charge is -1.92. The van der Waals surface area contributed by atoms with Crippen molar-refractivity contribution in [2.24, 2.45) is 0 Å². The summed E-state index contributed by atoms with van der Waals surface area (Å²) in [6.07, 6.45) is 3.48.